The maximum absolute atomic E-state index is 11.4. The zero-order valence-electron chi connectivity index (χ0n) is 11.7. The largest absolute Gasteiger partial charge is 0.478 e. The molecule has 0 saturated heterocycles. The molecule has 1 aromatic carbocycles. The van der Waals surface area contributed by atoms with Crippen LogP contribution in [0.2, 0.25) is 5.02 Å². The predicted molar refractivity (Wildman–Crippen MR) is 82.7 cm³/mol. The second-order valence-electron chi connectivity index (χ2n) is 5.46. The lowest BCUT2D eigenvalue weighted by Gasteiger charge is -2.31. The highest BCUT2D eigenvalue weighted by molar-refractivity contribution is 6.34. The molecular weight excluding hydrogens is 276 g/mol. The summed E-state index contributed by atoms with van der Waals surface area (Å²) >= 11 is 6.25. The molecule has 0 amide bonds. The van der Waals surface area contributed by atoms with Crippen LogP contribution in [0.3, 0.4) is 0 Å². The Balaban J connectivity index is 2.37. The Labute approximate surface area is 124 Å². The molecule has 0 bridgehead atoms. The van der Waals surface area contributed by atoms with Crippen molar-refractivity contribution >= 4 is 28.9 Å². The van der Waals surface area contributed by atoms with Crippen molar-refractivity contribution in [1.82, 2.24) is 0 Å². The highest BCUT2D eigenvalue weighted by atomic mass is 35.5. The molecule has 1 aliphatic carbocycles. The molecule has 0 atom stereocenters. The van der Waals surface area contributed by atoms with E-state index in [0.717, 1.165) is 12.8 Å². The summed E-state index contributed by atoms with van der Waals surface area (Å²) in [5.41, 5.74) is 6.85. The number of halogens is 1. The smallest absolute Gasteiger partial charge is 0.337 e. The van der Waals surface area contributed by atoms with Crippen LogP contribution in [0.1, 0.15) is 48.9 Å². The Hall–Kier alpha value is -1.42. The van der Waals surface area contributed by atoms with Gasteiger partial charge in [0, 0.05) is 18.8 Å². The van der Waals surface area contributed by atoms with Crippen molar-refractivity contribution in [3.8, 4) is 0 Å². The maximum Gasteiger partial charge on any atom is 0.337 e. The van der Waals surface area contributed by atoms with Crippen molar-refractivity contribution < 1.29 is 9.90 Å². The molecule has 3 N–H and O–H groups in total. The average molecular weight is 297 g/mol. The predicted octanol–water partition coefficient (Wildman–Crippen LogP) is 3.78. The topological polar surface area (TPSA) is 66.6 Å². The first-order valence-electron chi connectivity index (χ1n) is 7.06. The van der Waals surface area contributed by atoms with Gasteiger partial charge in [-0.1, -0.05) is 37.3 Å². The standard InChI is InChI=1S/C15H21ClN2O2/c1-18(11-6-4-2-3-5-7-11)14-12(15(19)20)8-10(17)9-13(14)16/h8-9,11H,2-7,17H2,1H3,(H,19,20). The number of nitrogen functional groups attached to an aromatic ring is 1. The van der Waals surface area contributed by atoms with Gasteiger partial charge in [0.15, 0.2) is 0 Å². The number of carboxylic acid groups (broad SMARTS) is 1. The van der Waals surface area contributed by atoms with Gasteiger partial charge in [0.25, 0.3) is 0 Å². The van der Waals surface area contributed by atoms with Crippen LogP contribution >= 0.6 is 11.6 Å². The van der Waals surface area contributed by atoms with Crippen molar-refractivity contribution in [2.45, 2.75) is 44.6 Å². The van der Waals surface area contributed by atoms with Crippen LogP contribution in [0.5, 0.6) is 0 Å². The van der Waals surface area contributed by atoms with E-state index in [1.165, 1.54) is 31.7 Å². The Morgan fingerprint density at radius 3 is 2.45 bits per heavy atom. The maximum atomic E-state index is 11.4. The summed E-state index contributed by atoms with van der Waals surface area (Å²) in [4.78, 5) is 13.5. The Morgan fingerprint density at radius 1 is 1.30 bits per heavy atom. The third-order valence-electron chi connectivity index (χ3n) is 4.04. The third-order valence-corrected chi connectivity index (χ3v) is 4.33. The second-order valence-corrected chi connectivity index (χ2v) is 5.87. The Bertz CT molecular complexity index is 497. The summed E-state index contributed by atoms with van der Waals surface area (Å²) in [5.74, 6) is -0.991. The van der Waals surface area contributed by atoms with E-state index in [1.807, 2.05) is 11.9 Å². The van der Waals surface area contributed by atoms with Gasteiger partial charge in [-0.15, -0.1) is 0 Å². The summed E-state index contributed by atoms with van der Waals surface area (Å²) in [5, 5.41) is 9.79. The van der Waals surface area contributed by atoms with Crippen LogP contribution in [-0.2, 0) is 0 Å². The molecule has 0 unspecified atom stereocenters. The van der Waals surface area contributed by atoms with Gasteiger partial charge in [-0.2, -0.15) is 0 Å². The molecule has 1 fully saturated rings. The first-order chi connectivity index (χ1) is 9.50. The number of nitrogens with two attached hydrogens (primary N) is 1. The van der Waals surface area contributed by atoms with Crippen molar-refractivity contribution in [1.29, 1.82) is 0 Å². The van der Waals surface area contributed by atoms with E-state index in [-0.39, 0.29) is 5.56 Å². The summed E-state index contributed by atoms with van der Waals surface area (Å²) < 4.78 is 0. The Kier molecular flexibility index (Phi) is 4.76. The number of hydrogen-bond donors (Lipinski definition) is 2. The van der Waals surface area contributed by atoms with E-state index >= 15 is 0 Å². The molecular formula is C15H21ClN2O2. The minimum absolute atomic E-state index is 0.182. The monoisotopic (exact) mass is 296 g/mol. The van der Waals surface area contributed by atoms with Crippen LogP contribution in [0, 0.1) is 0 Å². The lowest BCUT2D eigenvalue weighted by atomic mass is 10.0. The molecule has 0 aromatic heterocycles. The number of rotatable bonds is 3. The average Bonchev–Trinajstić information content (AvgIpc) is 2.65. The fraction of sp³-hybridized carbons (Fsp3) is 0.533. The van der Waals surface area contributed by atoms with Gasteiger partial charge in [-0.05, 0) is 25.0 Å². The molecule has 0 heterocycles. The number of carboxylic acids is 1. The van der Waals surface area contributed by atoms with Gasteiger partial charge < -0.3 is 15.7 Å². The molecule has 5 heteroatoms. The fourth-order valence-electron chi connectivity index (χ4n) is 2.97. The number of benzene rings is 1. The van der Waals surface area contributed by atoms with Gasteiger partial charge in [0.05, 0.1) is 16.3 Å². The quantitative estimate of drug-likeness (QED) is 0.658. The van der Waals surface area contributed by atoms with Gasteiger partial charge in [0.1, 0.15) is 0 Å². The number of carbonyl (C=O) groups is 1. The minimum atomic E-state index is -0.991. The molecule has 0 radical (unpaired) electrons. The zero-order chi connectivity index (χ0) is 14.7. The number of nitrogens with zero attached hydrogens (tertiary/aromatic N) is 1. The van der Waals surface area contributed by atoms with E-state index in [2.05, 4.69) is 0 Å². The van der Waals surface area contributed by atoms with Gasteiger partial charge in [-0.25, -0.2) is 4.79 Å². The summed E-state index contributed by atoms with van der Waals surface area (Å²) in [6.45, 7) is 0. The van der Waals surface area contributed by atoms with E-state index < -0.39 is 5.97 Å². The molecule has 1 aliphatic rings. The molecule has 110 valence electrons. The van der Waals surface area contributed by atoms with E-state index in [0.29, 0.717) is 22.4 Å². The highest BCUT2D eigenvalue weighted by Crippen LogP contribution is 2.35. The van der Waals surface area contributed by atoms with Crippen molar-refractivity contribution in [3.63, 3.8) is 0 Å². The van der Waals surface area contributed by atoms with Crippen molar-refractivity contribution in [2.75, 3.05) is 17.7 Å². The SMILES string of the molecule is CN(c1c(Cl)cc(N)cc1C(=O)O)C1CCCCCC1. The number of anilines is 2. The molecule has 0 spiro atoms. The van der Waals surface area contributed by atoms with Crippen molar-refractivity contribution in [2.24, 2.45) is 0 Å². The van der Waals surface area contributed by atoms with Gasteiger partial charge in [-0.3, -0.25) is 0 Å². The molecule has 1 saturated carbocycles. The molecule has 20 heavy (non-hydrogen) atoms. The van der Waals surface area contributed by atoms with Crippen molar-refractivity contribution in [3.05, 3.63) is 22.7 Å². The normalized spacial score (nSPS) is 16.7. The van der Waals surface area contributed by atoms with Crippen LogP contribution in [-0.4, -0.2) is 24.2 Å². The number of hydrogen-bond acceptors (Lipinski definition) is 3. The second kappa shape index (κ2) is 6.35. The van der Waals surface area contributed by atoms with E-state index in [4.69, 9.17) is 17.3 Å². The van der Waals surface area contributed by atoms with Crippen LogP contribution < -0.4 is 10.6 Å². The van der Waals surface area contributed by atoms with Crippen LogP contribution in [0.25, 0.3) is 0 Å². The summed E-state index contributed by atoms with van der Waals surface area (Å²) in [6, 6.07) is 3.45. The molecule has 4 nitrogen and oxygen atoms in total. The molecule has 0 aliphatic heterocycles. The third kappa shape index (κ3) is 3.18. The fourth-order valence-corrected chi connectivity index (χ4v) is 3.33. The highest BCUT2D eigenvalue weighted by Gasteiger charge is 2.24. The molecule has 2 rings (SSSR count). The first kappa shape index (κ1) is 15.0. The summed E-state index contributed by atoms with van der Waals surface area (Å²) in [6.07, 6.45) is 7.04. The Morgan fingerprint density at radius 2 is 1.90 bits per heavy atom. The molecule has 1 aromatic rings. The minimum Gasteiger partial charge on any atom is -0.478 e. The summed E-state index contributed by atoms with van der Waals surface area (Å²) in [7, 11) is 1.93. The van der Waals surface area contributed by atoms with Crippen LogP contribution in [0.4, 0.5) is 11.4 Å². The zero-order valence-corrected chi connectivity index (χ0v) is 12.5. The lowest BCUT2D eigenvalue weighted by Crippen LogP contribution is -2.32. The lowest BCUT2D eigenvalue weighted by molar-refractivity contribution is 0.0697. The first-order valence-corrected chi connectivity index (χ1v) is 7.43. The van der Waals surface area contributed by atoms with E-state index in [9.17, 15) is 9.90 Å². The van der Waals surface area contributed by atoms with E-state index in [1.54, 1.807) is 6.07 Å². The number of aromatic carboxylic acids is 1. The van der Waals surface area contributed by atoms with Gasteiger partial charge in [0.2, 0.25) is 0 Å². The van der Waals surface area contributed by atoms with Crippen LogP contribution in [0.15, 0.2) is 12.1 Å². The van der Waals surface area contributed by atoms with Gasteiger partial charge >= 0.3 is 5.97 Å².